The molecule has 99 heavy (non-hydrogen) atoms. The average Bonchev–Trinajstić information content (AvgIpc) is 0.879. The van der Waals surface area contributed by atoms with Crippen molar-refractivity contribution in [2.75, 3.05) is 14.1 Å². The first-order valence-corrected chi connectivity index (χ1v) is 31.4. The lowest BCUT2D eigenvalue weighted by Gasteiger charge is -2.55. The number of primary amides is 2. The van der Waals surface area contributed by atoms with Crippen LogP contribution < -0.4 is 33.6 Å². The van der Waals surface area contributed by atoms with Gasteiger partial charge in [0, 0.05) is 57.3 Å². The molecular formula is C61H95N7O31. The van der Waals surface area contributed by atoms with Crippen molar-refractivity contribution in [2.45, 2.75) is 229 Å². The van der Waals surface area contributed by atoms with Gasteiger partial charge in [0.15, 0.2) is 0 Å². The first kappa shape index (κ1) is 91.6. The van der Waals surface area contributed by atoms with Gasteiger partial charge < -0.3 is 94.1 Å². The van der Waals surface area contributed by atoms with Crippen molar-refractivity contribution in [3.63, 3.8) is 0 Å². The highest BCUT2D eigenvalue weighted by molar-refractivity contribution is 6.33. The molecule has 1 heterocycles. The lowest BCUT2D eigenvalue weighted by atomic mass is 9.63. The lowest BCUT2D eigenvalue weighted by Crippen LogP contribution is -2.73. The predicted molar refractivity (Wildman–Crippen MR) is 335 cm³/mol. The molecule has 9 atom stereocenters. The molecule has 1 saturated carbocycles. The minimum absolute atomic E-state index is 0.0185. The van der Waals surface area contributed by atoms with E-state index in [4.69, 9.17) is 47.7 Å². The van der Waals surface area contributed by atoms with E-state index in [1.54, 1.807) is 7.05 Å². The zero-order valence-corrected chi connectivity index (χ0v) is 56.0. The Balaban J connectivity index is 0. The van der Waals surface area contributed by atoms with Crippen molar-refractivity contribution >= 4 is 112 Å². The van der Waals surface area contributed by atoms with Gasteiger partial charge in [0.2, 0.25) is 52.1 Å². The van der Waals surface area contributed by atoms with Crippen LogP contribution in [0.25, 0.3) is 0 Å². The van der Waals surface area contributed by atoms with Crippen LogP contribution in [0.3, 0.4) is 0 Å². The summed E-state index contributed by atoms with van der Waals surface area (Å²) in [7, 11) is 2.48. The van der Waals surface area contributed by atoms with E-state index in [-0.39, 0.29) is 17.9 Å². The van der Waals surface area contributed by atoms with Gasteiger partial charge in [-0.3, -0.25) is 62.4 Å². The highest BCUT2D eigenvalue weighted by Crippen LogP contribution is 2.49. The molecule has 38 nitrogen and oxygen atoms in total. The number of carboxylic acids is 10. The number of carboxylic acid groups (broad SMARTS) is 10. The second-order valence-electron chi connectivity index (χ2n) is 24.5. The van der Waals surface area contributed by atoms with Crippen molar-refractivity contribution in [1.82, 2.24) is 15.5 Å². The van der Waals surface area contributed by atoms with Gasteiger partial charge in [-0.2, -0.15) is 0 Å². The highest BCUT2D eigenvalue weighted by atomic mass is 16.6. The van der Waals surface area contributed by atoms with E-state index in [0.29, 0.717) is 30.1 Å². The molecule has 1 aliphatic carbocycles. The van der Waals surface area contributed by atoms with Gasteiger partial charge in [-0.05, 0) is 116 Å². The van der Waals surface area contributed by atoms with Crippen LogP contribution in [0.2, 0.25) is 0 Å². The van der Waals surface area contributed by atoms with Crippen LogP contribution in [0.5, 0.6) is 0 Å². The average molecular weight is 1420 g/mol. The lowest BCUT2D eigenvalue weighted by molar-refractivity contribution is -0.215. The molecule has 20 N–H and O–H groups in total. The van der Waals surface area contributed by atoms with Crippen molar-refractivity contribution in [2.24, 2.45) is 46.6 Å². The first-order chi connectivity index (χ1) is 45.7. The predicted octanol–water partition coefficient (Wildman–Crippen LogP) is -0.697. The maximum atomic E-state index is 14.6. The van der Waals surface area contributed by atoms with E-state index in [0.717, 1.165) is 32.7 Å². The van der Waals surface area contributed by atoms with Crippen molar-refractivity contribution in [1.29, 1.82) is 0 Å². The number of nitrogens with one attached hydrogen (secondary N) is 2. The van der Waals surface area contributed by atoms with Crippen LogP contribution in [0.4, 0.5) is 0 Å². The van der Waals surface area contributed by atoms with Crippen molar-refractivity contribution < 1.29 is 152 Å². The number of carbonyl (C=O) groups is 19. The van der Waals surface area contributed by atoms with Crippen LogP contribution in [0.15, 0.2) is 0 Å². The summed E-state index contributed by atoms with van der Waals surface area (Å²) in [6.07, 6.45) is -9.46. The fourth-order valence-corrected chi connectivity index (χ4v) is 11.1. The maximum Gasteiger partial charge on any atom is 0.372 e. The summed E-state index contributed by atoms with van der Waals surface area (Å²) in [5.41, 5.74) is 12.4. The molecule has 2 fully saturated rings. The van der Waals surface area contributed by atoms with Gasteiger partial charge in [-0.15, -0.1) is 0 Å². The van der Waals surface area contributed by atoms with Crippen molar-refractivity contribution in [3.05, 3.63) is 0 Å². The Labute approximate surface area is 567 Å². The molecule has 1 saturated heterocycles. The summed E-state index contributed by atoms with van der Waals surface area (Å²) in [4.78, 5) is 232. The summed E-state index contributed by atoms with van der Waals surface area (Å²) in [6.45, 7) is 6.70. The van der Waals surface area contributed by atoms with Crippen LogP contribution in [-0.2, 0) is 101 Å². The van der Waals surface area contributed by atoms with Gasteiger partial charge in [0.1, 0.15) is 29.7 Å². The maximum absolute atomic E-state index is 14.6. The van der Waals surface area contributed by atoms with E-state index in [1.807, 2.05) is 13.8 Å². The van der Waals surface area contributed by atoms with Crippen LogP contribution in [-0.4, -0.2) is 229 Å². The zero-order chi connectivity index (χ0) is 77.0. The largest absolute Gasteiger partial charge is 0.481 e. The number of hydrogen-bond donors (Lipinski definition) is 16. The van der Waals surface area contributed by atoms with E-state index < -0.39 is 268 Å². The number of hydrogen-bond acceptors (Lipinski definition) is 25. The number of aliphatic carboxylic acids is 10. The van der Waals surface area contributed by atoms with E-state index in [2.05, 4.69) is 10.6 Å². The standard InChI is InChI=1S/C43H63N5O24.C7H15NO2.C6H10O2.C5H7NO3/c1-21(2)20-41(38(65)66,28(12-4-8-24(49)32(55)56)42(39(67)68,18-6-10-26(51)34(59)60)71-36(63)22(44)14-16-30(46)53)48(3)29(13-5-9-25(50)33(57)58)43(40(69)70,19-7-11-27(52)35(61)62)72-37(64)23(45)15-17-31(47)54;1-5(2)4-6(8-3)7(9)10;7-6(8)5-3-1-2-4-5;7-4-2-1-3(6-4)5(8)9/h21-23,28-29H,4-20,44-45H2,1-3H3,(H2,46,53)(H2,47,54)(H,55,56)(H,57,58)(H,59,60)(H,61,62)(H,65,66)(H,67,68)(H,69,70);5-6,8H,4H2,1-3H3,(H,9,10);5H,1-4H2,(H,7,8);3H,1-2H2,(H,6,7)(H,8,9)/t22?,23-,28?,29?,41?,42+,43+;;;3-/m0..0/s1. The molecule has 38 heteroatoms. The van der Waals surface area contributed by atoms with Crippen molar-refractivity contribution in [3.8, 4) is 0 Å². The third-order valence-corrected chi connectivity index (χ3v) is 16.2. The number of ketones is 4. The molecule has 0 radical (unpaired) electrons. The second-order valence-corrected chi connectivity index (χ2v) is 24.5. The molecule has 1 aliphatic heterocycles. The quantitative estimate of drug-likeness (QED) is 0.0265. The Kier molecular flexibility index (Phi) is 41.2. The summed E-state index contributed by atoms with van der Waals surface area (Å²) in [5.74, 6) is -31.7. The second kappa shape index (κ2) is 44.5. The summed E-state index contributed by atoms with van der Waals surface area (Å²) in [5, 5.41) is 102. The minimum Gasteiger partial charge on any atom is -0.481 e. The summed E-state index contributed by atoms with van der Waals surface area (Å²) < 4.78 is 11.3. The number of amides is 3. The first-order valence-electron chi connectivity index (χ1n) is 31.4. The third kappa shape index (κ3) is 31.3. The van der Waals surface area contributed by atoms with Gasteiger partial charge in [-0.25, -0.2) is 33.6 Å². The normalized spacial score (nSPS) is 16.7. The van der Waals surface area contributed by atoms with Gasteiger partial charge >= 0.3 is 71.6 Å². The number of nitrogens with two attached hydrogens (primary N) is 4. The number of nitrogens with zero attached hydrogens (tertiary/aromatic N) is 1. The van der Waals surface area contributed by atoms with Gasteiger partial charge in [0.25, 0.3) is 0 Å². The highest BCUT2D eigenvalue weighted by Gasteiger charge is 2.66. The Morgan fingerprint density at radius 1 is 0.535 bits per heavy atom. The number of rotatable bonds is 46. The topological polar surface area (TPSA) is 676 Å². The zero-order valence-electron chi connectivity index (χ0n) is 56.0. The van der Waals surface area contributed by atoms with Gasteiger partial charge in [-0.1, -0.05) is 40.5 Å². The number of Topliss-reactive ketones (excluding diaryl/α,β-unsaturated/α-hetero) is 4. The Morgan fingerprint density at radius 3 is 1.21 bits per heavy atom. The smallest absolute Gasteiger partial charge is 0.372 e. The van der Waals surface area contributed by atoms with E-state index in [1.165, 1.54) is 13.8 Å². The van der Waals surface area contributed by atoms with E-state index in [9.17, 15) is 127 Å². The number of ether oxygens (including phenoxy) is 2. The molecule has 560 valence electrons. The molecule has 3 amide bonds. The Hall–Kier alpha value is -9.43. The number of carbonyl (C=O) groups excluding carboxylic acids is 9. The van der Waals surface area contributed by atoms with Crippen LogP contribution in [0, 0.1) is 23.7 Å². The van der Waals surface area contributed by atoms with Gasteiger partial charge in [0.05, 0.1) is 12.0 Å². The fraction of sp³-hybridized carbons (Fsp3) is 0.689. The molecule has 0 spiro atoms. The van der Waals surface area contributed by atoms with Crippen LogP contribution >= 0.6 is 0 Å². The number of likely N-dealkylation sites (N-methyl/N-ethyl adjacent to an activating group) is 2. The molecule has 2 aliphatic rings. The Bertz CT molecular complexity index is 2910. The fourth-order valence-electron chi connectivity index (χ4n) is 11.1. The summed E-state index contributed by atoms with van der Waals surface area (Å²) in [6, 6.07) is -7.23. The molecule has 0 aromatic rings. The van der Waals surface area contributed by atoms with E-state index >= 15 is 0 Å². The molecule has 0 aromatic heterocycles. The molecular weight excluding hydrogens is 1330 g/mol. The number of esters is 2. The summed E-state index contributed by atoms with van der Waals surface area (Å²) >= 11 is 0. The molecule has 5 unspecified atom stereocenters. The molecule has 0 bridgehead atoms. The molecule has 2 rings (SSSR count). The van der Waals surface area contributed by atoms with Crippen LogP contribution in [0.1, 0.15) is 182 Å². The minimum atomic E-state index is -3.43. The SMILES string of the molecule is CC(C)CC(C(=O)O)(C(CCCC(=O)C(=O)O)[C@@](CCCC(=O)C(=O)O)(OC(=O)C(N)CCC(N)=O)C(=O)O)N(C)C(CCCC(=O)C(=O)O)[C@@](CCCC(=O)C(=O)O)(OC(=O)[C@@H](N)CCC(N)=O)C(=O)O.CNC(CC(C)C)C(=O)O.O=C(O)C1CCCC1.O=C1CC[C@@H](C(=O)O)N1. The Morgan fingerprint density at radius 2 is 0.929 bits per heavy atom. The molecule has 0 aromatic carbocycles. The monoisotopic (exact) mass is 1420 g/mol. The third-order valence-electron chi connectivity index (χ3n) is 16.2.